The fourth-order valence-corrected chi connectivity index (χ4v) is 2.57. The minimum atomic E-state index is -0.168. The first-order valence-electron chi connectivity index (χ1n) is 7.87. The summed E-state index contributed by atoms with van der Waals surface area (Å²) in [4.78, 5) is 28.0. The maximum atomic E-state index is 12.4. The Balaban J connectivity index is 2.09. The molecule has 0 fully saturated rings. The molecule has 7 heteroatoms. The second kappa shape index (κ2) is 6.81. The van der Waals surface area contributed by atoms with Crippen LogP contribution in [-0.2, 0) is 13.1 Å². The van der Waals surface area contributed by atoms with E-state index < -0.39 is 0 Å². The van der Waals surface area contributed by atoms with Crippen LogP contribution in [0, 0.1) is 0 Å². The van der Waals surface area contributed by atoms with E-state index in [1.54, 1.807) is 11.0 Å². The highest BCUT2D eigenvalue weighted by Crippen LogP contribution is 2.15. The van der Waals surface area contributed by atoms with Crippen LogP contribution in [-0.4, -0.2) is 57.2 Å². The molecule has 0 spiro atoms. The van der Waals surface area contributed by atoms with Gasteiger partial charge in [0.1, 0.15) is 0 Å². The Morgan fingerprint density at radius 1 is 1.32 bits per heavy atom. The highest BCUT2D eigenvalue weighted by molar-refractivity contribution is 5.92. The fraction of sp³-hybridized carbons (Fsp3) is 0.667. The molecule has 0 bridgehead atoms. The first-order valence-corrected chi connectivity index (χ1v) is 7.87. The maximum absolute atomic E-state index is 12.4. The number of fused-ring (bicyclic) bond motifs is 1. The van der Waals surface area contributed by atoms with E-state index >= 15 is 0 Å². The van der Waals surface area contributed by atoms with Gasteiger partial charge in [-0.3, -0.25) is 9.48 Å². The monoisotopic (exact) mass is 307 g/mol. The topological polar surface area (TPSA) is 70.5 Å². The van der Waals surface area contributed by atoms with E-state index in [1.807, 2.05) is 37.3 Å². The largest absolute Gasteiger partial charge is 0.348 e. The highest BCUT2D eigenvalue weighted by atomic mass is 16.2. The van der Waals surface area contributed by atoms with E-state index in [0.29, 0.717) is 38.4 Å². The van der Waals surface area contributed by atoms with Crippen LogP contribution in [0.3, 0.4) is 0 Å². The van der Waals surface area contributed by atoms with E-state index in [2.05, 4.69) is 10.4 Å². The van der Waals surface area contributed by atoms with Crippen molar-refractivity contribution >= 4 is 11.9 Å². The Kier molecular flexibility index (Phi) is 5.05. The molecule has 2 rings (SSSR count). The van der Waals surface area contributed by atoms with Gasteiger partial charge in [0.25, 0.3) is 5.91 Å². The lowest BCUT2D eigenvalue weighted by Crippen LogP contribution is -2.46. The third-order valence-corrected chi connectivity index (χ3v) is 3.75. The summed E-state index contributed by atoms with van der Waals surface area (Å²) in [7, 11) is 0. The zero-order valence-electron chi connectivity index (χ0n) is 13.8. The number of rotatable bonds is 4. The van der Waals surface area contributed by atoms with Gasteiger partial charge in [-0.2, -0.15) is 5.10 Å². The Morgan fingerprint density at radius 3 is 2.59 bits per heavy atom. The first-order chi connectivity index (χ1) is 10.5. The summed E-state index contributed by atoms with van der Waals surface area (Å²) in [5.41, 5.74) is 1.32. The van der Waals surface area contributed by atoms with Crippen LogP contribution < -0.4 is 5.32 Å². The number of carbonyl (C=O) groups is 2. The second-order valence-electron chi connectivity index (χ2n) is 5.75. The van der Waals surface area contributed by atoms with Crippen LogP contribution in [0.25, 0.3) is 0 Å². The molecule has 0 aliphatic carbocycles. The van der Waals surface area contributed by atoms with Gasteiger partial charge in [-0.15, -0.1) is 0 Å². The third kappa shape index (κ3) is 3.40. The molecule has 3 amide bonds. The predicted molar refractivity (Wildman–Crippen MR) is 83.6 cm³/mol. The molecular formula is C15H25N5O2. The standard InChI is InChI=1S/C15H25N5O2/c1-5-18(6-2)15(22)19-7-8-20-12(10-19)9-13(17-20)14(21)16-11(3)4/h9,11H,5-8,10H2,1-4H3,(H,16,21). The summed E-state index contributed by atoms with van der Waals surface area (Å²) in [5.74, 6) is -0.168. The molecule has 122 valence electrons. The summed E-state index contributed by atoms with van der Waals surface area (Å²) >= 11 is 0. The normalized spacial score (nSPS) is 14.0. The van der Waals surface area contributed by atoms with Gasteiger partial charge in [0.15, 0.2) is 5.69 Å². The van der Waals surface area contributed by atoms with Gasteiger partial charge in [-0.1, -0.05) is 0 Å². The summed E-state index contributed by atoms with van der Waals surface area (Å²) < 4.78 is 1.82. The van der Waals surface area contributed by atoms with Crippen molar-refractivity contribution in [2.45, 2.75) is 46.8 Å². The van der Waals surface area contributed by atoms with E-state index in [-0.39, 0.29) is 18.0 Å². The molecule has 0 radical (unpaired) electrons. The SMILES string of the molecule is CCN(CC)C(=O)N1CCn2nc(C(=O)NC(C)C)cc2C1. The predicted octanol–water partition coefficient (Wildman–Crippen LogP) is 1.30. The summed E-state index contributed by atoms with van der Waals surface area (Å²) in [6.07, 6.45) is 0. The molecule has 0 saturated carbocycles. The highest BCUT2D eigenvalue weighted by Gasteiger charge is 2.26. The van der Waals surface area contributed by atoms with Crippen LogP contribution in [0.1, 0.15) is 43.9 Å². The Bertz CT molecular complexity index is 548. The molecule has 0 aromatic carbocycles. The summed E-state index contributed by atoms with van der Waals surface area (Å²) in [6.45, 7) is 10.9. The molecule has 0 atom stereocenters. The molecule has 22 heavy (non-hydrogen) atoms. The average Bonchev–Trinajstić information content (AvgIpc) is 2.90. The van der Waals surface area contributed by atoms with E-state index in [9.17, 15) is 9.59 Å². The fourth-order valence-electron chi connectivity index (χ4n) is 2.57. The molecular weight excluding hydrogens is 282 g/mol. The smallest absolute Gasteiger partial charge is 0.320 e. The average molecular weight is 307 g/mol. The summed E-state index contributed by atoms with van der Waals surface area (Å²) in [5, 5.41) is 7.17. The maximum Gasteiger partial charge on any atom is 0.320 e. The van der Waals surface area contributed by atoms with Crippen LogP contribution >= 0.6 is 0 Å². The number of aromatic nitrogens is 2. The van der Waals surface area contributed by atoms with E-state index in [1.165, 1.54) is 0 Å². The molecule has 2 heterocycles. The minimum Gasteiger partial charge on any atom is -0.348 e. The molecule has 1 aromatic heterocycles. The molecule has 1 aliphatic rings. The van der Waals surface area contributed by atoms with Crippen molar-refractivity contribution in [1.82, 2.24) is 24.9 Å². The summed E-state index contributed by atoms with van der Waals surface area (Å²) in [6, 6.07) is 1.90. The van der Waals surface area contributed by atoms with E-state index in [0.717, 1.165) is 5.69 Å². The van der Waals surface area contributed by atoms with Crippen molar-refractivity contribution < 1.29 is 9.59 Å². The minimum absolute atomic E-state index is 0.0469. The van der Waals surface area contributed by atoms with E-state index in [4.69, 9.17) is 0 Å². The van der Waals surface area contributed by atoms with Crippen LogP contribution in [0.2, 0.25) is 0 Å². The van der Waals surface area contributed by atoms with Gasteiger partial charge in [-0.25, -0.2) is 4.79 Å². The first kappa shape index (κ1) is 16.3. The van der Waals surface area contributed by atoms with Gasteiger partial charge < -0.3 is 15.1 Å². The number of nitrogens with one attached hydrogen (secondary N) is 1. The van der Waals surface area contributed by atoms with Crippen molar-refractivity contribution in [3.05, 3.63) is 17.5 Å². The Labute approximate surface area is 131 Å². The second-order valence-corrected chi connectivity index (χ2v) is 5.75. The molecule has 0 unspecified atom stereocenters. The number of amides is 3. The van der Waals surface area contributed by atoms with Gasteiger partial charge in [0, 0.05) is 25.7 Å². The number of hydrogen-bond donors (Lipinski definition) is 1. The lowest BCUT2D eigenvalue weighted by atomic mass is 10.2. The molecule has 1 aromatic rings. The van der Waals surface area contributed by atoms with Crippen LogP contribution in [0.15, 0.2) is 6.07 Å². The quantitative estimate of drug-likeness (QED) is 0.911. The molecule has 7 nitrogen and oxygen atoms in total. The lowest BCUT2D eigenvalue weighted by molar-refractivity contribution is 0.0936. The van der Waals surface area contributed by atoms with Crippen molar-refractivity contribution in [1.29, 1.82) is 0 Å². The third-order valence-electron chi connectivity index (χ3n) is 3.75. The molecule has 0 saturated heterocycles. The van der Waals surface area contributed by atoms with Crippen molar-refractivity contribution in [2.75, 3.05) is 19.6 Å². The number of nitrogens with zero attached hydrogens (tertiary/aromatic N) is 4. The van der Waals surface area contributed by atoms with Crippen LogP contribution in [0.4, 0.5) is 4.79 Å². The van der Waals surface area contributed by atoms with Crippen LogP contribution in [0.5, 0.6) is 0 Å². The zero-order valence-corrected chi connectivity index (χ0v) is 13.8. The molecule has 1 N–H and O–H groups in total. The number of hydrogen-bond acceptors (Lipinski definition) is 3. The van der Waals surface area contributed by atoms with Crippen molar-refractivity contribution in [2.24, 2.45) is 0 Å². The number of urea groups is 1. The van der Waals surface area contributed by atoms with Gasteiger partial charge >= 0.3 is 6.03 Å². The number of carbonyl (C=O) groups excluding carboxylic acids is 2. The molecule has 1 aliphatic heterocycles. The van der Waals surface area contributed by atoms with Gasteiger partial charge in [-0.05, 0) is 33.8 Å². The van der Waals surface area contributed by atoms with Crippen molar-refractivity contribution in [3.63, 3.8) is 0 Å². The van der Waals surface area contributed by atoms with Gasteiger partial charge in [0.05, 0.1) is 18.8 Å². The van der Waals surface area contributed by atoms with Crippen molar-refractivity contribution in [3.8, 4) is 0 Å². The Hall–Kier alpha value is -2.05. The van der Waals surface area contributed by atoms with Gasteiger partial charge in [0.2, 0.25) is 0 Å². The Morgan fingerprint density at radius 2 is 2.00 bits per heavy atom. The zero-order chi connectivity index (χ0) is 16.3. The lowest BCUT2D eigenvalue weighted by Gasteiger charge is -2.32.